The van der Waals surface area contributed by atoms with Gasteiger partial charge in [0, 0.05) is 30.7 Å². The summed E-state index contributed by atoms with van der Waals surface area (Å²) in [6.45, 7) is 5.94. The molecule has 0 radical (unpaired) electrons. The Labute approximate surface area is 229 Å². The van der Waals surface area contributed by atoms with Gasteiger partial charge in [-0.05, 0) is 45.1 Å². The van der Waals surface area contributed by atoms with Crippen LogP contribution < -0.4 is 15.6 Å². The second-order valence-corrected chi connectivity index (χ2v) is 12.2. The maximum Gasteiger partial charge on any atom is 0.387 e. The Hall–Kier alpha value is -3.67. The zero-order valence-corrected chi connectivity index (χ0v) is 22.4. The molecule has 2 N–H and O–H groups in total. The van der Waals surface area contributed by atoms with Crippen molar-refractivity contribution >= 4 is 32.7 Å². The summed E-state index contributed by atoms with van der Waals surface area (Å²) < 4.78 is 59.2. The standard InChI is InChI=1S/C26H28F2N6O5S/c1-26(36)11-3-4-21(26)34-22-16(14-20(23(34)35)39-24(27)28)15-30-25(32-22)31-18-9-12-33(13-10-18)40(37,38)19-7-5-17(29-2)6-8-19/h5-8,14-15,18,21,24,36H,3-4,9-13H2,1H3,(H,30,31,32)/t21-,26-/m1/s1. The van der Waals surface area contributed by atoms with Gasteiger partial charge in [-0.1, -0.05) is 24.3 Å². The lowest BCUT2D eigenvalue weighted by atomic mass is 10.00. The van der Waals surface area contributed by atoms with Crippen molar-refractivity contribution in [3.63, 3.8) is 0 Å². The Kier molecular flexibility index (Phi) is 7.47. The number of aliphatic hydroxyl groups is 1. The number of ether oxygens (including phenoxy) is 1. The number of nitrogens with one attached hydrogen (secondary N) is 1. The van der Waals surface area contributed by atoms with Gasteiger partial charge >= 0.3 is 6.61 Å². The van der Waals surface area contributed by atoms with E-state index in [4.69, 9.17) is 6.57 Å². The number of pyridine rings is 1. The van der Waals surface area contributed by atoms with Crippen molar-refractivity contribution in [1.82, 2.24) is 18.8 Å². The van der Waals surface area contributed by atoms with E-state index < -0.39 is 39.6 Å². The molecule has 1 aliphatic carbocycles. The van der Waals surface area contributed by atoms with Gasteiger partial charge in [0.1, 0.15) is 5.65 Å². The number of piperidine rings is 1. The predicted octanol–water partition coefficient (Wildman–Crippen LogP) is 3.68. The van der Waals surface area contributed by atoms with Crippen LogP contribution in [-0.2, 0) is 10.0 Å². The molecule has 2 aromatic heterocycles. The molecule has 1 saturated carbocycles. The van der Waals surface area contributed by atoms with Crippen LogP contribution in [0.25, 0.3) is 15.9 Å². The number of hydrogen-bond donors (Lipinski definition) is 2. The molecule has 1 aliphatic heterocycles. The number of alkyl halides is 2. The third kappa shape index (κ3) is 5.36. The number of benzene rings is 1. The van der Waals surface area contributed by atoms with Gasteiger partial charge < -0.3 is 15.2 Å². The third-order valence-electron chi connectivity index (χ3n) is 7.54. The Morgan fingerprint density at radius 3 is 2.52 bits per heavy atom. The van der Waals surface area contributed by atoms with Crippen molar-refractivity contribution in [2.75, 3.05) is 18.4 Å². The second kappa shape index (κ2) is 10.7. The van der Waals surface area contributed by atoms with Gasteiger partial charge in [0.05, 0.1) is 23.1 Å². The highest BCUT2D eigenvalue weighted by molar-refractivity contribution is 7.89. The predicted molar refractivity (Wildman–Crippen MR) is 142 cm³/mol. The fourth-order valence-corrected chi connectivity index (χ4v) is 6.91. The first-order valence-electron chi connectivity index (χ1n) is 12.8. The van der Waals surface area contributed by atoms with E-state index in [2.05, 4.69) is 24.9 Å². The molecule has 3 aromatic rings. The summed E-state index contributed by atoms with van der Waals surface area (Å²) in [7, 11) is -3.71. The molecule has 2 fully saturated rings. The SMILES string of the molecule is [C-]#[N+]c1ccc(S(=O)(=O)N2CCC(Nc3ncc4cc(OC(F)F)c(=O)n([C@@H]5CCC[C@@]5(C)O)c4n3)CC2)cc1. The van der Waals surface area contributed by atoms with Crippen LogP contribution in [0.5, 0.6) is 5.75 Å². The van der Waals surface area contributed by atoms with Crippen molar-refractivity contribution in [2.45, 2.75) is 68.2 Å². The number of aromatic nitrogens is 3. The number of hydrogen-bond acceptors (Lipinski definition) is 8. The maximum atomic E-state index is 13.2. The van der Waals surface area contributed by atoms with Gasteiger partial charge in [0.15, 0.2) is 11.4 Å². The number of anilines is 1. The molecular formula is C26H28F2N6O5S. The van der Waals surface area contributed by atoms with E-state index >= 15 is 0 Å². The van der Waals surface area contributed by atoms with Crippen LogP contribution in [-0.4, -0.2) is 63.7 Å². The Bertz CT molecular complexity index is 1610. The van der Waals surface area contributed by atoms with Crippen molar-refractivity contribution in [3.8, 4) is 5.75 Å². The van der Waals surface area contributed by atoms with E-state index in [9.17, 15) is 27.1 Å². The molecule has 14 heteroatoms. The van der Waals surface area contributed by atoms with Gasteiger partial charge in [-0.2, -0.15) is 18.1 Å². The fourth-order valence-electron chi connectivity index (χ4n) is 5.44. The molecule has 0 bridgehead atoms. The number of sulfonamides is 1. The first-order chi connectivity index (χ1) is 19.0. The van der Waals surface area contributed by atoms with Gasteiger partial charge in [-0.3, -0.25) is 9.36 Å². The molecule has 1 saturated heterocycles. The second-order valence-electron chi connectivity index (χ2n) is 10.2. The molecule has 40 heavy (non-hydrogen) atoms. The Morgan fingerprint density at radius 1 is 1.23 bits per heavy atom. The highest BCUT2D eigenvalue weighted by Gasteiger charge is 2.40. The lowest BCUT2D eigenvalue weighted by Crippen LogP contribution is -2.42. The molecule has 212 valence electrons. The van der Waals surface area contributed by atoms with Gasteiger partial charge in [0.25, 0.3) is 5.56 Å². The van der Waals surface area contributed by atoms with E-state index in [-0.39, 0.29) is 35.6 Å². The number of halogens is 2. The molecular weight excluding hydrogens is 546 g/mol. The summed E-state index contributed by atoms with van der Waals surface area (Å²) >= 11 is 0. The van der Waals surface area contributed by atoms with Crippen molar-refractivity contribution in [1.29, 1.82) is 0 Å². The lowest BCUT2D eigenvalue weighted by molar-refractivity contribution is -0.0513. The minimum atomic E-state index is -3.71. The van der Waals surface area contributed by atoms with Crippen LogP contribution in [0.15, 0.2) is 46.2 Å². The number of rotatable bonds is 7. The van der Waals surface area contributed by atoms with Crippen LogP contribution in [0.3, 0.4) is 0 Å². The third-order valence-corrected chi connectivity index (χ3v) is 9.45. The van der Waals surface area contributed by atoms with Crippen LogP contribution in [0.1, 0.15) is 45.1 Å². The summed E-state index contributed by atoms with van der Waals surface area (Å²) in [6.07, 6.45) is 3.87. The topological polar surface area (TPSA) is 131 Å². The fraction of sp³-hybridized carbons (Fsp3) is 0.462. The monoisotopic (exact) mass is 574 g/mol. The van der Waals surface area contributed by atoms with E-state index in [1.54, 1.807) is 6.92 Å². The van der Waals surface area contributed by atoms with E-state index in [1.807, 2.05) is 0 Å². The molecule has 2 aliphatic rings. The van der Waals surface area contributed by atoms with Crippen molar-refractivity contribution < 1.29 is 27.0 Å². The minimum Gasteiger partial charge on any atom is -0.429 e. The molecule has 11 nitrogen and oxygen atoms in total. The summed E-state index contributed by atoms with van der Waals surface area (Å²) in [5.74, 6) is -0.358. The summed E-state index contributed by atoms with van der Waals surface area (Å²) in [4.78, 5) is 25.4. The van der Waals surface area contributed by atoms with Crippen LogP contribution in [0.2, 0.25) is 0 Å². The van der Waals surface area contributed by atoms with Gasteiger partial charge in [-0.15, -0.1) is 0 Å². The lowest BCUT2D eigenvalue weighted by Gasteiger charge is -2.32. The zero-order valence-electron chi connectivity index (χ0n) is 21.6. The van der Waals surface area contributed by atoms with E-state index in [0.29, 0.717) is 43.2 Å². The molecule has 1 aromatic carbocycles. The van der Waals surface area contributed by atoms with E-state index in [1.165, 1.54) is 45.4 Å². The average molecular weight is 575 g/mol. The average Bonchev–Trinajstić information content (AvgIpc) is 3.27. The number of fused-ring (bicyclic) bond motifs is 1. The molecule has 0 amide bonds. The van der Waals surface area contributed by atoms with Crippen LogP contribution in [0.4, 0.5) is 20.4 Å². The van der Waals surface area contributed by atoms with Crippen molar-refractivity contribution in [3.05, 3.63) is 58.3 Å². The smallest absolute Gasteiger partial charge is 0.387 e. The summed E-state index contributed by atoms with van der Waals surface area (Å²) in [6, 6.07) is 6.11. The van der Waals surface area contributed by atoms with Crippen LogP contribution in [0, 0.1) is 6.57 Å². The highest BCUT2D eigenvalue weighted by Crippen LogP contribution is 2.40. The normalized spacial score (nSPS) is 22.4. The number of nitrogens with zero attached hydrogens (tertiary/aromatic N) is 5. The first kappa shape index (κ1) is 27.9. The van der Waals surface area contributed by atoms with Gasteiger partial charge in [-0.25, -0.2) is 18.2 Å². The largest absolute Gasteiger partial charge is 0.429 e. The van der Waals surface area contributed by atoms with E-state index in [0.717, 1.165) is 0 Å². The molecule has 0 spiro atoms. The van der Waals surface area contributed by atoms with Crippen LogP contribution >= 0.6 is 0 Å². The first-order valence-corrected chi connectivity index (χ1v) is 14.3. The molecule has 5 rings (SSSR count). The molecule has 3 heterocycles. The summed E-state index contributed by atoms with van der Waals surface area (Å²) in [5, 5.41) is 14.4. The zero-order chi connectivity index (χ0) is 28.7. The Balaban J connectivity index is 1.37. The highest BCUT2D eigenvalue weighted by atomic mass is 32.2. The molecule has 2 atom stereocenters. The summed E-state index contributed by atoms with van der Waals surface area (Å²) in [5.41, 5.74) is -1.52. The van der Waals surface area contributed by atoms with Gasteiger partial charge in [0.2, 0.25) is 16.0 Å². The van der Waals surface area contributed by atoms with Crippen molar-refractivity contribution in [2.24, 2.45) is 0 Å². The Morgan fingerprint density at radius 2 is 1.93 bits per heavy atom. The molecule has 0 unspecified atom stereocenters. The quantitative estimate of drug-likeness (QED) is 0.409. The maximum absolute atomic E-state index is 13.2. The minimum absolute atomic E-state index is 0.125.